The molecule has 0 aliphatic carbocycles. The normalized spacial score (nSPS) is 11.7. The van der Waals surface area contributed by atoms with E-state index in [1.54, 1.807) is 6.92 Å². The van der Waals surface area contributed by atoms with Crippen LogP contribution < -0.4 is 5.32 Å². The number of hydrogen-bond acceptors (Lipinski definition) is 5. The number of halogens is 4. The molecule has 4 aromatic rings. The Hall–Kier alpha value is -3.50. The van der Waals surface area contributed by atoms with Crippen molar-refractivity contribution in [2.24, 2.45) is 0 Å². The lowest BCUT2D eigenvalue weighted by Crippen LogP contribution is -2.19. The molecule has 7 nitrogen and oxygen atoms in total. The maximum atomic E-state index is 13.0. The minimum absolute atomic E-state index is 0.0455. The second-order valence-electron chi connectivity index (χ2n) is 7.14. The molecule has 2 heterocycles. The van der Waals surface area contributed by atoms with Gasteiger partial charge in [-0.25, -0.2) is 4.52 Å². The Morgan fingerprint density at radius 3 is 2.55 bits per heavy atom. The first-order valence-corrected chi connectivity index (χ1v) is 10.1. The molecule has 1 amide bonds. The Balaban J connectivity index is 1.76. The largest absolute Gasteiger partial charge is 0.416 e. The molecule has 11 heteroatoms. The van der Waals surface area contributed by atoms with E-state index in [9.17, 15) is 18.0 Å². The van der Waals surface area contributed by atoms with Crippen LogP contribution in [-0.2, 0) is 17.5 Å². The summed E-state index contributed by atoms with van der Waals surface area (Å²) in [4.78, 5) is 12.9. The van der Waals surface area contributed by atoms with Crippen LogP contribution in [0.2, 0.25) is 5.02 Å². The van der Waals surface area contributed by atoms with E-state index in [0.29, 0.717) is 22.6 Å². The van der Waals surface area contributed by atoms with Crippen LogP contribution in [0.25, 0.3) is 16.8 Å². The molecule has 170 valence electrons. The van der Waals surface area contributed by atoms with E-state index in [0.717, 1.165) is 23.8 Å². The Kier molecular flexibility index (Phi) is 6.05. The van der Waals surface area contributed by atoms with Crippen molar-refractivity contribution in [2.75, 3.05) is 12.4 Å². The van der Waals surface area contributed by atoms with Gasteiger partial charge in [0.05, 0.1) is 39.8 Å². The molecule has 33 heavy (non-hydrogen) atoms. The summed E-state index contributed by atoms with van der Waals surface area (Å²) in [7, 11) is 1.54. The number of anilines is 1. The summed E-state index contributed by atoms with van der Waals surface area (Å²) in [6.45, 7) is 1.82. The third-order valence-corrected chi connectivity index (χ3v) is 5.27. The van der Waals surface area contributed by atoms with E-state index in [-0.39, 0.29) is 23.0 Å². The van der Waals surface area contributed by atoms with Crippen molar-refractivity contribution in [2.45, 2.75) is 19.7 Å². The lowest BCUT2D eigenvalue weighted by molar-refractivity contribution is -0.137. The van der Waals surface area contributed by atoms with E-state index in [2.05, 4.69) is 20.6 Å². The zero-order valence-electron chi connectivity index (χ0n) is 17.4. The Bertz CT molecular complexity index is 1340. The van der Waals surface area contributed by atoms with Gasteiger partial charge in [0.15, 0.2) is 11.3 Å². The van der Waals surface area contributed by atoms with Crippen LogP contribution in [0.5, 0.6) is 0 Å². The number of aryl methyl sites for hydroxylation is 1. The number of benzene rings is 2. The third kappa shape index (κ3) is 4.39. The number of aromatic nitrogens is 4. The lowest BCUT2D eigenvalue weighted by atomic mass is 10.1. The number of carbonyl (C=O) groups excluding carboxylic acids is 1. The van der Waals surface area contributed by atoms with Gasteiger partial charge in [-0.15, -0.1) is 10.2 Å². The summed E-state index contributed by atoms with van der Waals surface area (Å²) in [5, 5.41) is 15.1. The van der Waals surface area contributed by atoms with Gasteiger partial charge in [0.1, 0.15) is 0 Å². The predicted octanol–water partition coefficient (Wildman–Crippen LogP) is 5.17. The molecule has 1 N–H and O–H groups in total. The zero-order valence-corrected chi connectivity index (χ0v) is 18.2. The first-order chi connectivity index (χ1) is 15.7. The summed E-state index contributed by atoms with van der Waals surface area (Å²) in [5.74, 6) is -0.770. The number of methoxy groups -OCH3 is 1. The number of nitrogens with one attached hydrogen (secondary N) is 1. The van der Waals surface area contributed by atoms with E-state index >= 15 is 0 Å². The maximum absolute atomic E-state index is 13.0. The zero-order chi connectivity index (χ0) is 23.8. The van der Waals surface area contributed by atoms with Crippen LogP contribution in [0.1, 0.15) is 27.4 Å². The fourth-order valence-corrected chi connectivity index (χ4v) is 3.54. The molecular formula is C22H17ClF3N5O2. The van der Waals surface area contributed by atoms with Gasteiger partial charge in [-0.2, -0.15) is 18.3 Å². The molecule has 0 aliphatic heterocycles. The topological polar surface area (TPSA) is 81.4 Å². The highest BCUT2D eigenvalue weighted by Gasteiger charge is 2.31. The molecule has 4 rings (SSSR count). The fraction of sp³-hybridized carbons (Fsp3) is 0.182. The van der Waals surface area contributed by atoms with Crippen molar-refractivity contribution in [3.63, 3.8) is 0 Å². The van der Waals surface area contributed by atoms with Crippen LogP contribution in [0, 0.1) is 6.92 Å². The molecule has 0 radical (unpaired) electrons. The van der Waals surface area contributed by atoms with Gasteiger partial charge in [-0.05, 0) is 30.7 Å². The number of hydrogen-bond donors (Lipinski definition) is 1. The first kappa shape index (κ1) is 22.7. The molecule has 0 atom stereocenters. The highest BCUT2D eigenvalue weighted by molar-refractivity contribution is 6.34. The van der Waals surface area contributed by atoms with Gasteiger partial charge < -0.3 is 10.1 Å². The first-order valence-electron chi connectivity index (χ1n) is 9.68. The quantitative estimate of drug-likeness (QED) is 0.430. The average molecular weight is 476 g/mol. The van der Waals surface area contributed by atoms with Gasteiger partial charge in [0.25, 0.3) is 5.91 Å². The van der Waals surface area contributed by atoms with Gasteiger partial charge in [0.2, 0.25) is 0 Å². The second kappa shape index (κ2) is 8.80. The van der Waals surface area contributed by atoms with Crippen LogP contribution >= 0.6 is 11.6 Å². The monoisotopic (exact) mass is 475 g/mol. The molecule has 0 spiro atoms. The SMILES string of the molecule is COCc1nn2c(C)c(C(=O)Nc3cc(C(F)(F)F)ccc3Cl)nnc2c1-c1ccccc1. The van der Waals surface area contributed by atoms with Gasteiger partial charge in [-0.1, -0.05) is 41.9 Å². The van der Waals surface area contributed by atoms with Crippen molar-refractivity contribution < 1.29 is 22.7 Å². The molecule has 2 aromatic heterocycles. The minimum atomic E-state index is -4.58. The van der Waals surface area contributed by atoms with E-state index in [1.807, 2.05) is 30.3 Å². The Morgan fingerprint density at radius 1 is 1.15 bits per heavy atom. The second-order valence-corrected chi connectivity index (χ2v) is 7.54. The van der Waals surface area contributed by atoms with Gasteiger partial charge in [-0.3, -0.25) is 4.79 Å². The standard InChI is InChI=1S/C22H17ClF3N5O2/c1-12-19(21(32)27-16-10-14(22(24,25)26)8-9-15(16)23)28-29-20-18(13-6-4-3-5-7-13)17(11-33-2)30-31(12)20/h3-10H,11H2,1-2H3,(H,27,32). The number of fused-ring (bicyclic) bond motifs is 1. The number of amides is 1. The lowest BCUT2D eigenvalue weighted by Gasteiger charge is -2.12. The molecule has 0 bridgehead atoms. The van der Waals surface area contributed by atoms with Crippen molar-refractivity contribution >= 4 is 28.8 Å². The number of nitrogens with zero attached hydrogens (tertiary/aromatic N) is 4. The van der Waals surface area contributed by atoms with Crippen LogP contribution in [0.15, 0.2) is 48.5 Å². The number of rotatable bonds is 5. The Morgan fingerprint density at radius 2 is 1.88 bits per heavy atom. The van der Waals surface area contributed by atoms with Crippen molar-refractivity contribution in [1.82, 2.24) is 19.8 Å². The molecule has 0 saturated carbocycles. The smallest absolute Gasteiger partial charge is 0.378 e. The van der Waals surface area contributed by atoms with Crippen LogP contribution in [0.4, 0.5) is 18.9 Å². The number of ether oxygens (including phenoxy) is 1. The van der Waals surface area contributed by atoms with Gasteiger partial charge >= 0.3 is 6.18 Å². The van der Waals surface area contributed by atoms with Gasteiger partial charge in [0, 0.05) is 7.11 Å². The molecule has 0 unspecified atom stereocenters. The molecule has 0 saturated heterocycles. The Labute approximate surface area is 191 Å². The molecule has 2 aromatic carbocycles. The third-order valence-electron chi connectivity index (χ3n) is 4.94. The number of carbonyl (C=O) groups is 1. The van der Waals surface area contributed by atoms with E-state index < -0.39 is 17.6 Å². The fourth-order valence-electron chi connectivity index (χ4n) is 3.38. The minimum Gasteiger partial charge on any atom is -0.378 e. The number of alkyl halides is 3. The van der Waals surface area contributed by atoms with Crippen LogP contribution in [0.3, 0.4) is 0 Å². The highest BCUT2D eigenvalue weighted by Crippen LogP contribution is 2.34. The van der Waals surface area contributed by atoms with Crippen molar-refractivity contribution in [3.8, 4) is 11.1 Å². The predicted molar refractivity (Wildman–Crippen MR) is 116 cm³/mol. The average Bonchev–Trinajstić information content (AvgIpc) is 3.14. The summed E-state index contributed by atoms with van der Waals surface area (Å²) in [6, 6.07) is 12.1. The van der Waals surface area contributed by atoms with E-state index in [1.165, 1.54) is 11.6 Å². The summed E-state index contributed by atoms with van der Waals surface area (Å²) < 4.78 is 45.8. The summed E-state index contributed by atoms with van der Waals surface area (Å²) >= 11 is 5.99. The molecule has 0 aliphatic rings. The summed E-state index contributed by atoms with van der Waals surface area (Å²) in [6.07, 6.45) is -4.58. The summed E-state index contributed by atoms with van der Waals surface area (Å²) in [5.41, 5.74) is 1.68. The van der Waals surface area contributed by atoms with Crippen LogP contribution in [-0.4, -0.2) is 32.8 Å². The maximum Gasteiger partial charge on any atom is 0.416 e. The highest BCUT2D eigenvalue weighted by atomic mass is 35.5. The van der Waals surface area contributed by atoms with Crippen molar-refractivity contribution in [3.05, 3.63) is 76.2 Å². The molecular weight excluding hydrogens is 459 g/mol. The van der Waals surface area contributed by atoms with E-state index in [4.69, 9.17) is 16.3 Å². The van der Waals surface area contributed by atoms with Crippen molar-refractivity contribution in [1.29, 1.82) is 0 Å². The molecule has 0 fully saturated rings.